The van der Waals surface area contributed by atoms with Crippen LogP contribution in [0, 0.1) is 0 Å². The van der Waals surface area contributed by atoms with Gasteiger partial charge in [0.15, 0.2) is 0 Å². The number of para-hydroxylation sites is 1. The zero-order valence-electron chi connectivity index (χ0n) is 15.3. The first-order chi connectivity index (χ1) is 11.8. The molecule has 7 nitrogen and oxygen atoms in total. The number of carbonyl (C=O) groups excluding carboxylic acids is 2. The highest BCUT2D eigenvalue weighted by atomic mass is 16.6. The van der Waals surface area contributed by atoms with E-state index in [1.807, 2.05) is 45.9 Å². The van der Waals surface area contributed by atoms with Gasteiger partial charge in [-0.3, -0.25) is 4.79 Å². The molecule has 0 aliphatic rings. The molecule has 1 atom stereocenters. The van der Waals surface area contributed by atoms with Crippen LogP contribution in [0.15, 0.2) is 18.2 Å². The van der Waals surface area contributed by atoms with Crippen LogP contribution in [-0.2, 0) is 4.79 Å². The number of rotatable bonds is 8. The Labute approximate surface area is 148 Å². The van der Waals surface area contributed by atoms with Crippen LogP contribution in [0.3, 0.4) is 0 Å². The summed E-state index contributed by atoms with van der Waals surface area (Å²) in [6, 6.07) is 4.92. The van der Waals surface area contributed by atoms with Crippen molar-refractivity contribution >= 4 is 12.0 Å². The zero-order chi connectivity index (χ0) is 19.0. The van der Waals surface area contributed by atoms with Crippen LogP contribution < -0.4 is 21.1 Å². The molecule has 0 saturated heterocycles. The summed E-state index contributed by atoms with van der Waals surface area (Å²) in [7, 11) is 0. The van der Waals surface area contributed by atoms with E-state index >= 15 is 0 Å². The van der Waals surface area contributed by atoms with E-state index in [2.05, 4.69) is 10.6 Å². The number of aliphatic hydroxyl groups excluding tert-OH is 1. The van der Waals surface area contributed by atoms with Crippen molar-refractivity contribution in [3.05, 3.63) is 29.3 Å². The van der Waals surface area contributed by atoms with E-state index in [1.165, 1.54) is 0 Å². The minimum Gasteiger partial charge on any atom is -0.410 e. The van der Waals surface area contributed by atoms with Crippen molar-refractivity contribution in [1.82, 2.24) is 10.6 Å². The largest absolute Gasteiger partial charge is 0.412 e. The van der Waals surface area contributed by atoms with Gasteiger partial charge in [0.1, 0.15) is 11.8 Å². The van der Waals surface area contributed by atoms with Gasteiger partial charge in [0.05, 0.1) is 6.61 Å². The zero-order valence-corrected chi connectivity index (χ0v) is 15.3. The minimum atomic E-state index is -0.960. The molecule has 0 aromatic heterocycles. The summed E-state index contributed by atoms with van der Waals surface area (Å²) < 4.78 is 5.55. The molecule has 0 spiro atoms. The first-order valence-electron chi connectivity index (χ1n) is 8.50. The molecule has 7 heteroatoms. The van der Waals surface area contributed by atoms with Gasteiger partial charge in [0, 0.05) is 13.1 Å². The van der Waals surface area contributed by atoms with Crippen LogP contribution in [0.5, 0.6) is 5.75 Å². The molecule has 0 bridgehead atoms. The standard InChI is InChI=1S/C18H29N3O4/c1-11(2)13-6-5-7-14(12(3)4)16(13)25-18(24)21-9-8-20-17(23)15(19)10-22/h5-7,11-12,15,22H,8-10,19H2,1-4H3,(H,20,23)(H,21,24)/t15-/m0/s1. The fourth-order valence-corrected chi connectivity index (χ4v) is 2.29. The van der Waals surface area contributed by atoms with Crippen molar-refractivity contribution in [3.8, 4) is 5.75 Å². The molecule has 0 aliphatic carbocycles. The Morgan fingerprint density at radius 1 is 1.08 bits per heavy atom. The quantitative estimate of drug-likeness (QED) is 0.530. The second-order valence-corrected chi connectivity index (χ2v) is 6.47. The lowest BCUT2D eigenvalue weighted by Gasteiger charge is -2.19. The first-order valence-corrected chi connectivity index (χ1v) is 8.50. The van der Waals surface area contributed by atoms with E-state index < -0.39 is 24.6 Å². The molecule has 1 aromatic carbocycles. The van der Waals surface area contributed by atoms with Gasteiger partial charge in [-0.05, 0) is 23.0 Å². The van der Waals surface area contributed by atoms with Crippen LogP contribution in [0.2, 0.25) is 0 Å². The molecule has 0 saturated carbocycles. The fraction of sp³-hybridized carbons (Fsp3) is 0.556. The van der Waals surface area contributed by atoms with Crippen LogP contribution in [0.1, 0.15) is 50.7 Å². The predicted molar refractivity (Wildman–Crippen MR) is 96.7 cm³/mol. The molecule has 0 unspecified atom stereocenters. The third-order valence-corrected chi connectivity index (χ3v) is 3.74. The SMILES string of the molecule is CC(C)c1cccc(C(C)C)c1OC(=O)NCCNC(=O)[C@@H](N)CO. The smallest absolute Gasteiger partial charge is 0.410 e. The maximum Gasteiger partial charge on any atom is 0.412 e. The Hall–Kier alpha value is -2.12. The molecule has 1 rings (SSSR count). The average Bonchev–Trinajstić information content (AvgIpc) is 2.57. The Kier molecular flexibility index (Phi) is 8.37. The third-order valence-electron chi connectivity index (χ3n) is 3.74. The topological polar surface area (TPSA) is 114 Å². The Morgan fingerprint density at radius 3 is 2.08 bits per heavy atom. The van der Waals surface area contributed by atoms with Crippen molar-refractivity contribution in [2.75, 3.05) is 19.7 Å². The number of amides is 2. The number of nitrogens with two attached hydrogens (primary N) is 1. The summed E-state index contributed by atoms with van der Waals surface area (Å²) in [5.41, 5.74) is 7.33. The molecule has 1 aromatic rings. The van der Waals surface area contributed by atoms with Gasteiger partial charge in [0.2, 0.25) is 5.91 Å². The summed E-state index contributed by atoms with van der Waals surface area (Å²) in [4.78, 5) is 23.5. The van der Waals surface area contributed by atoms with Crippen molar-refractivity contribution in [3.63, 3.8) is 0 Å². The van der Waals surface area contributed by atoms with Crippen LogP contribution in [0.4, 0.5) is 4.79 Å². The molecule has 2 amide bonds. The van der Waals surface area contributed by atoms with Crippen LogP contribution >= 0.6 is 0 Å². The van der Waals surface area contributed by atoms with Crippen LogP contribution in [0.25, 0.3) is 0 Å². The van der Waals surface area contributed by atoms with E-state index in [0.717, 1.165) is 11.1 Å². The van der Waals surface area contributed by atoms with Gasteiger partial charge < -0.3 is 26.2 Å². The molecule has 5 N–H and O–H groups in total. The van der Waals surface area contributed by atoms with Gasteiger partial charge >= 0.3 is 6.09 Å². The predicted octanol–water partition coefficient (Wildman–Crippen LogP) is 1.46. The van der Waals surface area contributed by atoms with E-state index in [9.17, 15) is 9.59 Å². The Morgan fingerprint density at radius 2 is 1.60 bits per heavy atom. The number of benzene rings is 1. The number of nitrogens with one attached hydrogen (secondary N) is 2. The van der Waals surface area contributed by atoms with Gasteiger partial charge in [-0.15, -0.1) is 0 Å². The molecule has 0 aliphatic heterocycles. The molecule has 140 valence electrons. The summed E-state index contributed by atoms with van der Waals surface area (Å²) in [6.45, 7) is 8.15. The van der Waals surface area contributed by atoms with Gasteiger partial charge in [0.25, 0.3) is 0 Å². The average molecular weight is 351 g/mol. The van der Waals surface area contributed by atoms with E-state index in [1.54, 1.807) is 0 Å². The third kappa shape index (κ3) is 6.36. The molecular weight excluding hydrogens is 322 g/mol. The number of carbonyl (C=O) groups is 2. The lowest BCUT2D eigenvalue weighted by Crippen LogP contribution is -2.45. The minimum absolute atomic E-state index is 0.198. The fourth-order valence-electron chi connectivity index (χ4n) is 2.29. The molecule has 25 heavy (non-hydrogen) atoms. The molecular formula is C18H29N3O4. The Balaban J connectivity index is 2.64. The molecule has 0 fully saturated rings. The van der Waals surface area contributed by atoms with Crippen molar-refractivity contribution in [2.45, 2.75) is 45.6 Å². The highest BCUT2D eigenvalue weighted by Gasteiger charge is 2.18. The second kappa shape index (κ2) is 10.0. The monoisotopic (exact) mass is 351 g/mol. The highest BCUT2D eigenvalue weighted by molar-refractivity contribution is 5.81. The van der Waals surface area contributed by atoms with Crippen molar-refractivity contribution in [1.29, 1.82) is 0 Å². The molecule has 0 heterocycles. The van der Waals surface area contributed by atoms with Crippen molar-refractivity contribution < 1.29 is 19.4 Å². The van der Waals surface area contributed by atoms with Crippen LogP contribution in [-0.4, -0.2) is 42.8 Å². The lowest BCUT2D eigenvalue weighted by molar-refractivity contribution is -0.123. The number of hydrogen-bond donors (Lipinski definition) is 4. The normalized spacial score (nSPS) is 12.2. The van der Waals surface area contributed by atoms with E-state index in [4.69, 9.17) is 15.6 Å². The highest BCUT2D eigenvalue weighted by Crippen LogP contribution is 2.34. The summed E-state index contributed by atoms with van der Waals surface area (Å²) in [5, 5.41) is 13.9. The second-order valence-electron chi connectivity index (χ2n) is 6.47. The van der Waals surface area contributed by atoms with Gasteiger partial charge in [-0.2, -0.15) is 0 Å². The summed E-state index contributed by atoms with van der Waals surface area (Å²) in [6.07, 6.45) is -0.573. The number of ether oxygens (including phenoxy) is 1. The lowest BCUT2D eigenvalue weighted by atomic mass is 9.94. The van der Waals surface area contributed by atoms with Gasteiger partial charge in [-0.1, -0.05) is 45.9 Å². The van der Waals surface area contributed by atoms with E-state index in [0.29, 0.717) is 5.75 Å². The Bertz CT molecular complexity index is 561. The van der Waals surface area contributed by atoms with Gasteiger partial charge in [-0.25, -0.2) is 4.79 Å². The number of aliphatic hydroxyl groups is 1. The maximum atomic E-state index is 12.1. The van der Waals surface area contributed by atoms with E-state index in [-0.39, 0.29) is 24.9 Å². The number of hydrogen-bond acceptors (Lipinski definition) is 5. The summed E-state index contributed by atoms with van der Waals surface area (Å²) in [5.74, 6) is 0.572. The molecule has 0 radical (unpaired) electrons. The summed E-state index contributed by atoms with van der Waals surface area (Å²) >= 11 is 0. The van der Waals surface area contributed by atoms with Crippen molar-refractivity contribution in [2.24, 2.45) is 5.73 Å². The first kappa shape index (κ1) is 20.9. The maximum absolute atomic E-state index is 12.1.